The van der Waals surface area contributed by atoms with Gasteiger partial charge in [-0.1, -0.05) is 187 Å². The van der Waals surface area contributed by atoms with Crippen LogP contribution in [-0.4, -0.2) is 0 Å². The summed E-state index contributed by atoms with van der Waals surface area (Å²) in [5.41, 5.74) is 17.0. The molecule has 0 unspecified atom stereocenters. The van der Waals surface area contributed by atoms with E-state index >= 15 is 0 Å². The molecule has 12 aromatic carbocycles. The van der Waals surface area contributed by atoms with Gasteiger partial charge < -0.3 is 18.6 Å². The summed E-state index contributed by atoms with van der Waals surface area (Å²) in [7, 11) is 0. The highest BCUT2D eigenvalue weighted by Gasteiger charge is 2.25. The van der Waals surface area contributed by atoms with E-state index in [2.05, 4.69) is 294 Å². The summed E-state index contributed by atoms with van der Waals surface area (Å²) in [5.74, 6) is 0. The van der Waals surface area contributed by atoms with E-state index in [4.69, 9.17) is 8.83 Å². The molecule has 14 rings (SSSR count). The van der Waals surface area contributed by atoms with Crippen LogP contribution in [0.4, 0.5) is 34.1 Å². The van der Waals surface area contributed by atoms with Crippen LogP contribution in [0, 0.1) is 0 Å². The first-order chi connectivity index (χ1) is 37.9. The Morgan fingerprint density at radius 3 is 1.03 bits per heavy atom. The summed E-state index contributed by atoms with van der Waals surface area (Å²) in [5, 5.41) is 11.3. The van der Waals surface area contributed by atoms with Crippen molar-refractivity contribution in [1.82, 2.24) is 0 Å². The highest BCUT2D eigenvalue weighted by Crippen LogP contribution is 2.49. The third-order valence-corrected chi connectivity index (χ3v) is 15.9. The van der Waals surface area contributed by atoms with Gasteiger partial charge in [0.1, 0.15) is 22.3 Å². The van der Waals surface area contributed by atoms with E-state index in [1.54, 1.807) is 0 Å². The number of anilines is 6. The van der Waals surface area contributed by atoms with Gasteiger partial charge in [-0.2, -0.15) is 0 Å². The number of furan rings is 2. The number of rotatable bonds is 8. The van der Waals surface area contributed by atoms with Crippen molar-refractivity contribution in [2.75, 3.05) is 9.80 Å². The molecular formula is C74H58N2O2. The predicted molar refractivity (Wildman–Crippen MR) is 331 cm³/mol. The summed E-state index contributed by atoms with van der Waals surface area (Å²) in [6.45, 7) is 13.6. The first-order valence-electron chi connectivity index (χ1n) is 27.1. The van der Waals surface area contributed by atoms with Gasteiger partial charge in [-0.05, 0) is 150 Å². The van der Waals surface area contributed by atoms with Gasteiger partial charge in [0, 0.05) is 67.6 Å². The summed E-state index contributed by atoms with van der Waals surface area (Å²) < 4.78 is 13.8. The van der Waals surface area contributed by atoms with Crippen molar-refractivity contribution in [3.05, 3.63) is 254 Å². The van der Waals surface area contributed by atoms with E-state index in [-0.39, 0.29) is 10.8 Å². The maximum atomic E-state index is 6.92. The molecule has 0 spiro atoms. The summed E-state index contributed by atoms with van der Waals surface area (Å²) in [6.07, 6.45) is 0. The quantitative estimate of drug-likeness (QED) is 0.152. The summed E-state index contributed by atoms with van der Waals surface area (Å²) in [4.78, 5) is 4.78. The van der Waals surface area contributed by atoms with Gasteiger partial charge in [0.15, 0.2) is 0 Å². The van der Waals surface area contributed by atoms with Gasteiger partial charge in [0.05, 0.1) is 11.4 Å². The van der Waals surface area contributed by atoms with Crippen LogP contribution in [0.15, 0.2) is 251 Å². The number of nitrogens with zero attached hydrogens (tertiary/aromatic N) is 2. The molecule has 0 atom stereocenters. The first-order valence-corrected chi connectivity index (χ1v) is 27.1. The molecule has 0 bridgehead atoms. The molecule has 4 nitrogen and oxygen atoms in total. The van der Waals surface area contributed by atoms with Crippen LogP contribution in [-0.2, 0) is 10.8 Å². The molecular weight excluding hydrogens is 949 g/mol. The van der Waals surface area contributed by atoms with Crippen LogP contribution in [0.25, 0.3) is 98.4 Å². The van der Waals surface area contributed by atoms with Gasteiger partial charge in [-0.3, -0.25) is 0 Å². The van der Waals surface area contributed by atoms with Crippen molar-refractivity contribution in [3.8, 4) is 22.3 Å². The lowest BCUT2D eigenvalue weighted by Crippen LogP contribution is -2.14. The van der Waals surface area contributed by atoms with E-state index in [0.717, 1.165) is 88.8 Å². The second kappa shape index (κ2) is 18.1. The van der Waals surface area contributed by atoms with Crippen molar-refractivity contribution in [3.63, 3.8) is 0 Å². The number of hydrogen-bond donors (Lipinski definition) is 0. The fraction of sp³-hybridized carbons (Fsp3) is 0.108. The average molecular weight is 1010 g/mol. The molecule has 0 aliphatic carbocycles. The monoisotopic (exact) mass is 1010 g/mol. The molecule has 2 aromatic heterocycles. The van der Waals surface area contributed by atoms with Gasteiger partial charge in [-0.25, -0.2) is 0 Å². The lowest BCUT2D eigenvalue weighted by atomic mass is 9.87. The predicted octanol–water partition coefficient (Wildman–Crippen LogP) is 21.8. The minimum atomic E-state index is 0.0196. The molecule has 0 N–H and O–H groups in total. The van der Waals surface area contributed by atoms with Crippen LogP contribution < -0.4 is 9.80 Å². The number of benzene rings is 12. The molecule has 0 aliphatic heterocycles. The molecule has 4 heteroatoms. The Morgan fingerprint density at radius 1 is 0.269 bits per heavy atom. The first kappa shape index (κ1) is 47.1. The Bertz CT molecular complexity index is 4310. The largest absolute Gasteiger partial charge is 0.456 e. The van der Waals surface area contributed by atoms with Crippen LogP contribution in [0.3, 0.4) is 0 Å². The minimum Gasteiger partial charge on any atom is -0.456 e. The molecule has 2 heterocycles. The topological polar surface area (TPSA) is 32.8 Å². The Labute approximate surface area is 455 Å². The number of fused-ring (bicyclic) bond motifs is 9. The molecule has 376 valence electrons. The van der Waals surface area contributed by atoms with E-state index in [1.165, 1.54) is 54.9 Å². The Kier molecular flexibility index (Phi) is 11.0. The lowest BCUT2D eigenvalue weighted by Gasteiger charge is -2.29. The van der Waals surface area contributed by atoms with Crippen molar-refractivity contribution < 1.29 is 8.83 Å². The van der Waals surface area contributed by atoms with Gasteiger partial charge in [0.25, 0.3) is 0 Å². The SMILES string of the molecule is CC(C)(C)c1ccc(N(c2ccc3c(c2)oc2cc4cc5c(cc4cc23)oc2cc(N(c3ccc(C(C)(C)C)cc3)c3ccc4ccccc4c3-c3ccccc3)ccc25)c2ccc3ccccc3c2-c2ccccc2)cc1. The molecule has 0 radical (unpaired) electrons. The Balaban J connectivity index is 0.891. The van der Waals surface area contributed by atoms with Crippen LogP contribution in [0.1, 0.15) is 52.7 Å². The van der Waals surface area contributed by atoms with Crippen molar-refractivity contribution in [2.45, 2.75) is 52.4 Å². The third kappa shape index (κ3) is 8.06. The van der Waals surface area contributed by atoms with E-state index in [1.807, 2.05) is 0 Å². The maximum absolute atomic E-state index is 6.92. The third-order valence-electron chi connectivity index (χ3n) is 15.9. The molecule has 14 aromatic rings. The zero-order valence-electron chi connectivity index (χ0n) is 44.8. The van der Waals surface area contributed by atoms with Crippen molar-refractivity contribution >= 4 is 110 Å². The van der Waals surface area contributed by atoms with E-state index < -0.39 is 0 Å². The fourth-order valence-corrected chi connectivity index (χ4v) is 11.8. The molecule has 0 saturated heterocycles. The lowest BCUT2D eigenvalue weighted by molar-refractivity contribution is 0.590. The zero-order chi connectivity index (χ0) is 52.9. The standard InChI is InChI=1S/C74H58N2O2/c1-73(2,3)53-27-31-55(32-28-53)75(65-39-25-47-17-13-15-23-59(47)71(65)49-19-9-7-10-20-49)57-35-37-61-63-41-51-44-68-64(42-52(51)43-67(63)77-69(61)45-57)62-38-36-58(46-70(62)78-68)76(56-33-29-54(30-34-56)74(4,5)6)66-40-26-48-18-14-16-24-60(48)72(66)50-21-11-8-12-22-50/h7-46H,1-6H3. The minimum absolute atomic E-state index is 0.0196. The molecule has 78 heavy (non-hydrogen) atoms. The van der Waals surface area contributed by atoms with Gasteiger partial charge >= 0.3 is 0 Å². The highest BCUT2D eigenvalue weighted by molar-refractivity contribution is 6.16. The van der Waals surface area contributed by atoms with Gasteiger partial charge in [0.2, 0.25) is 0 Å². The molecule has 0 aliphatic rings. The van der Waals surface area contributed by atoms with E-state index in [0.29, 0.717) is 0 Å². The second-order valence-corrected chi connectivity index (χ2v) is 23.0. The molecule has 0 saturated carbocycles. The number of hydrogen-bond acceptors (Lipinski definition) is 4. The van der Waals surface area contributed by atoms with E-state index in [9.17, 15) is 0 Å². The summed E-state index contributed by atoms with van der Waals surface area (Å²) >= 11 is 0. The van der Waals surface area contributed by atoms with Gasteiger partial charge in [-0.15, -0.1) is 0 Å². The Morgan fingerprint density at radius 2 is 0.628 bits per heavy atom. The zero-order valence-corrected chi connectivity index (χ0v) is 44.8. The van der Waals surface area contributed by atoms with Crippen molar-refractivity contribution in [1.29, 1.82) is 0 Å². The smallest absolute Gasteiger partial charge is 0.137 e. The van der Waals surface area contributed by atoms with Crippen LogP contribution in [0.2, 0.25) is 0 Å². The van der Waals surface area contributed by atoms with Crippen LogP contribution >= 0.6 is 0 Å². The Hall–Kier alpha value is -9.38. The second-order valence-electron chi connectivity index (χ2n) is 23.0. The fourth-order valence-electron chi connectivity index (χ4n) is 11.8. The molecule has 0 fully saturated rings. The maximum Gasteiger partial charge on any atom is 0.137 e. The summed E-state index contributed by atoms with van der Waals surface area (Å²) in [6, 6.07) is 88.3. The average Bonchev–Trinajstić information content (AvgIpc) is 4.20. The normalized spacial score (nSPS) is 12.2. The molecule has 0 amide bonds. The highest BCUT2D eigenvalue weighted by atomic mass is 16.3. The van der Waals surface area contributed by atoms with Crippen LogP contribution in [0.5, 0.6) is 0 Å². The van der Waals surface area contributed by atoms with Crippen molar-refractivity contribution in [2.24, 2.45) is 0 Å².